The number of likely N-dealkylation sites (tertiary alicyclic amines) is 1. The smallest absolute Gasteiger partial charge is 0.435 e. The van der Waals surface area contributed by atoms with Crippen LogP contribution in [0.15, 0.2) is 28.7 Å². The van der Waals surface area contributed by atoms with Gasteiger partial charge in [0.05, 0.1) is 37.6 Å². The number of carbonyl (C=O) groups is 1. The zero-order valence-electron chi connectivity index (χ0n) is 23.0. The molecule has 0 bridgehead atoms. The summed E-state index contributed by atoms with van der Waals surface area (Å²) in [7, 11) is 4.71. The first-order valence-corrected chi connectivity index (χ1v) is 13.9. The molecule has 5 rings (SSSR count). The minimum Gasteiger partial charge on any atom is -0.496 e. The molecule has 10 nitrogen and oxygen atoms in total. The first-order valence-electron chi connectivity index (χ1n) is 13.0. The Hall–Kier alpha value is -3.81. The minimum atomic E-state index is -4.55. The van der Waals surface area contributed by atoms with Crippen molar-refractivity contribution in [3.63, 3.8) is 0 Å². The largest absolute Gasteiger partial charge is 0.496 e. The van der Waals surface area contributed by atoms with Crippen LogP contribution in [0.1, 0.15) is 58.9 Å². The van der Waals surface area contributed by atoms with E-state index < -0.39 is 18.0 Å². The second kappa shape index (κ2) is 11.6. The van der Waals surface area contributed by atoms with Gasteiger partial charge in [0.2, 0.25) is 5.91 Å². The monoisotopic (exact) mass is 593 g/mol. The van der Waals surface area contributed by atoms with Crippen molar-refractivity contribution in [2.45, 2.75) is 50.9 Å². The fraction of sp³-hybridized carbons (Fsp3) is 0.481. The van der Waals surface area contributed by atoms with Crippen LogP contribution in [0.3, 0.4) is 0 Å². The molecule has 0 radical (unpaired) electrons. The molecule has 4 heterocycles. The number of piperidine rings is 1. The molecule has 220 valence electrons. The van der Waals surface area contributed by atoms with Crippen LogP contribution in [0.5, 0.6) is 17.2 Å². The number of halogens is 3. The number of rotatable bonds is 8. The van der Waals surface area contributed by atoms with E-state index >= 15 is 0 Å². The molecule has 1 atom stereocenters. The number of thiazole rings is 1. The number of hydrogen-bond acceptors (Lipinski definition) is 9. The Morgan fingerprint density at radius 3 is 2.37 bits per heavy atom. The van der Waals surface area contributed by atoms with Gasteiger partial charge in [0.15, 0.2) is 11.8 Å². The molecule has 1 fully saturated rings. The number of oxime groups is 1. The summed E-state index contributed by atoms with van der Waals surface area (Å²) in [5.41, 5.74) is 1.50. The first kappa shape index (κ1) is 28.7. The summed E-state index contributed by atoms with van der Waals surface area (Å²) in [5.74, 6) is 1.67. The number of nitrogens with zero attached hydrogens (tertiary/aromatic N) is 5. The number of ether oxygens (including phenoxy) is 3. The molecule has 1 amide bonds. The molecular formula is C27H30F3N5O5S. The Balaban J connectivity index is 1.19. The van der Waals surface area contributed by atoms with Gasteiger partial charge in [-0.1, -0.05) is 5.16 Å². The maximum absolute atomic E-state index is 13.0. The fourth-order valence-corrected chi connectivity index (χ4v) is 6.05. The van der Waals surface area contributed by atoms with E-state index in [0.29, 0.717) is 55.3 Å². The normalized spacial score (nSPS) is 17.8. The van der Waals surface area contributed by atoms with E-state index in [1.54, 1.807) is 49.7 Å². The van der Waals surface area contributed by atoms with Crippen LogP contribution in [0.25, 0.3) is 0 Å². The topological polar surface area (TPSA) is 100 Å². The Bertz CT molecular complexity index is 1420. The van der Waals surface area contributed by atoms with E-state index in [2.05, 4.69) is 10.3 Å². The molecule has 0 unspecified atom stereocenters. The molecule has 2 aliphatic heterocycles. The van der Waals surface area contributed by atoms with Crippen LogP contribution in [-0.2, 0) is 22.4 Å². The second-order valence-corrected chi connectivity index (χ2v) is 10.7. The maximum atomic E-state index is 13.0. The zero-order chi connectivity index (χ0) is 29.3. The first-order chi connectivity index (χ1) is 19.6. The van der Waals surface area contributed by atoms with Gasteiger partial charge < -0.3 is 23.9 Å². The van der Waals surface area contributed by atoms with E-state index in [-0.39, 0.29) is 18.4 Å². The predicted octanol–water partition coefficient (Wildman–Crippen LogP) is 4.96. The van der Waals surface area contributed by atoms with Crippen molar-refractivity contribution < 1.29 is 37.0 Å². The summed E-state index contributed by atoms with van der Waals surface area (Å²) in [6.07, 6.45) is -3.06. The lowest BCUT2D eigenvalue weighted by Gasteiger charge is -2.31. The molecular weight excluding hydrogens is 563 g/mol. The van der Waals surface area contributed by atoms with E-state index in [9.17, 15) is 18.0 Å². The van der Waals surface area contributed by atoms with Crippen molar-refractivity contribution >= 4 is 23.0 Å². The van der Waals surface area contributed by atoms with Crippen LogP contribution >= 0.6 is 11.3 Å². The van der Waals surface area contributed by atoms with Gasteiger partial charge in [-0.25, -0.2) is 4.98 Å². The highest BCUT2D eigenvalue weighted by molar-refractivity contribution is 7.10. The average molecular weight is 594 g/mol. The molecule has 0 N–H and O–H groups in total. The molecule has 0 saturated carbocycles. The summed E-state index contributed by atoms with van der Waals surface area (Å²) < 4.78 is 56.4. The zero-order valence-corrected chi connectivity index (χ0v) is 23.8. The van der Waals surface area contributed by atoms with Crippen molar-refractivity contribution in [2.75, 3.05) is 34.4 Å². The quantitative estimate of drug-likeness (QED) is 0.364. The molecule has 2 aromatic heterocycles. The Morgan fingerprint density at radius 2 is 1.78 bits per heavy atom. The number of methoxy groups -OCH3 is 3. The lowest BCUT2D eigenvalue weighted by atomic mass is 9.97. The lowest BCUT2D eigenvalue weighted by molar-refractivity contribution is -0.142. The van der Waals surface area contributed by atoms with Crippen LogP contribution in [0, 0.1) is 6.92 Å². The number of amides is 1. The van der Waals surface area contributed by atoms with E-state index in [1.165, 1.54) is 6.92 Å². The number of carbonyl (C=O) groups excluding carboxylic acids is 1. The van der Waals surface area contributed by atoms with Crippen molar-refractivity contribution in [2.24, 2.45) is 5.16 Å². The highest BCUT2D eigenvalue weighted by Gasteiger charge is 2.35. The molecule has 1 saturated heterocycles. The van der Waals surface area contributed by atoms with Gasteiger partial charge in [0.1, 0.15) is 29.5 Å². The van der Waals surface area contributed by atoms with E-state index in [0.717, 1.165) is 32.7 Å². The van der Waals surface area contributed by atoms with Crippen molar-refractivity contribution in [3.8, 4) is 17.2 Å². The van der Waals surface area contributed by atoms with Crippen LogP contribution in [0.2, 0.25) is 0 Å². The number of hydrogen-bond donors (Lipinski definition) is 0. The van der Waals surface area contributed by atoms with E-state index in [1.807, 2.05) is 5.38 Å². The van der Waals surface area contributed by atoms with Gasteiger partial charge in [-0.05, 0) is 25.8 Å². The molecule has 0 aliphatic carbocycles. The highest BCUT2D eigenvalue weighted by atomic mass is 32.1. The van der Waals surface area contributed by atoms with Crippen LogP contribution in [-0.4, -0.2) is 65.7 Å². The van der Waals surface area contributed by atoms with E-state index in [4.69, 9.17) is 24.0 Å². The highest BCUT2D eigenvalue weighted by Crippen LogP contribution is 2.43. The Kier molecular flexibility index (Phi) is 8.11. The van der Waals surface area contributed by atoms with Crippen LogP contribution < -0.4 is 14.2 Å². The van der Waals surface area contributed by atoms with Crippen molar-refractivity contribution in [1.29, 1.82) is 0 Å². The number of aromatic nitrogens is 3. The van der Waals surface area contributed by atoms with Gasteiger partial charge in [-0.3, -0.25) is 9.48 Å². The third kappa shape index (κ3) is 5.97. The summed E-state index contributed by atoms with van der Waals surface area (Å²) >= 11 is 1.54. The predicted molar refractivity (Wildman–Crippen MR) is 144 cm³/mol. The van der Waals surface area contributed by atoms with Gasteiger partial charge >= 0.3 is 6.18 Å². The third-order valence-electron chi connectivity index (χ3n) is 7.32. The van der Waals surface area contributed by atoms with Gasteiger partial charge in [-0.2, -0.15) is 18.3 Å². The summed E-state index contributed by atoms with van der Waals surface area (Å²) in [5, 5.41) is 10.8. The molecule has 41 heavy (non-hydrogen) atoms. The van der Waals surface area contributed by atoms with Crippen LogP contribution in [0.4, 0.5) is 13.2 Å². The van der Waals surface area contributed by atoms with Gasteiger partial charge in [0, 0.05) is 48.6 Å². The summed E-state index contributed by atoms with van der Waals surface area (Å²) in [6.45, 7) is 2.27. The van der Waals surface area contributed by atoms with Crippen molar-refractivity contribution in [1.82, 2.24) is 19.7 Å². The van der Waals surface area contributed by atoms with Gasteiger partial charge in [0.25, 0.3) is 0 Å². The van der Waals surface area contributed by atoms with Crippen molar-refractivity contribution in [3.05, 3.63) is 51.2 Å². The summed E-state index contributed by atoms with van der Waals surface area (Å²) in [4.78, 5) is 25.1. The Morgan fingerprint density at radius 1 is 1.10 bits per heavy atom. The summed E-state index contributed by atoms with van der Waals surface area (Å²) in [6, 6.07) is 4.49. The average Bonchev–Trinajstić information content (AvgIpc) is 3.72. The fourth-order valence-electron chi connectivity index (χ4n) is 5.05. The minimum absolute atomic E-state index is 0.168. The maximum Gasteiger partial charge on any atom is 0.435 e. The number of benzene rings is 1. The Labute approximate surface area is 238 Å². The second-order valence-electron chi connectivity index (χ2n) is 9.83. The molecule has 2 aliphatic rings. The number of aryl methyl sites for hydroxylation is 1. The number of alkyl halides is 3. The molecule has 14 heteroatoms. The standard InChI is InChI=1S/C27H30F3N5O5S/c1-15-9-23(27(28,29)30)32-35(15)13-24(36)34-7-5-16(6-8-34)26-31-19(14-41-26)18-12-22(40-33-18)25-20(38-3)10-17(37-2)11-21(25)39-4/h9-11,14,16,22H,5-8,12-13H2,1-4H3/t22-/m1/s1. The lowest BCUT2D eigenvalue weighted by Crippen LogP contribution is -2.40. The molecule has 3 aromatic rings. The molecule has 0 spiro atoms. The molecule has 1 aromatic carbocycles. The third-order valence-corrected chi connectivity index (χ3v) is 8.32. The SMILES string of the molecule is COc1cc(OC)c([C@H]2CC(c3csc(C4CCN(C(=O)Cn5nc(C(F)(F)F)cc5C)CC4)n3)=NO2)c(OC)c1. The van der Waals surface area contributed by atoms with Gasteiger partial charge in [-0.15, -0.1) is 11.3 Å².